The Balaban J connectivity index is 2.29. The molecule has 0 spiro atoms. The molecule has 1 nitrogen and oxygen atoms in total. The van der Waals surface area contributed by atoms with Crippen LogP contribution in [0, 0.1) is 11.8 Å². The fourth-order valence-corrected chi connectivity index (χ4v) is 1.55. The van der Waals surface area contributed by atoms with Crippen molar-refractivity contribution < 1.29 is 0 Å². The zero-order chi connectivity index (χ0) is 8.10. The molecule has 0 aromatic carbocycles. The maximum absolute atomic E-state index is 3.32. The van der Waals surface area contributed by atoms with Gasteiger partial charge >= 0.3 is 0 Å². The van der Waals surface area contributed by atoms with Crippen LogP contribution in [-0.2, 0) is 0 Å². The third-order valence-electron chi connectivity index (χ3n) is 2.51. The van der Waals surface area contributed by atoms with Crippen LogP contribution in [-0.4, -0.2) is 13.1 Å². The van der Waals surface area contributed by atoms with Crippen molar-refractivity contribution in [3.63, 3.8) is 0 Å². The number of nitrogens with one attached hydrogen (secondary N) is 1. The molecule has 0 bridgehead atoms. The van der Waals surface area contributed by atoms with Gasteiger partial charge in [0.1, 0.15) is 0 Å². The molecule has 1 atom stereocenters. The molecule has 0 aliphatic carbocycles. The Morgan fingerprint density at radius 1 is 1.45 bits per heavy atom. The van der Waals surface area contributed by atoms with Crippen molar-refractivity contribution in [1.82, 2.24) is 5.32 Å². The molecule has 64 valence electrons. The molecule has 0 aromatic heterocycles. The molecule has 1 aliphatic rings. The zero-order valence-corrected chi connectivity index (χ0v) is 7.64. The van der Waals surface area contributed by atoms with Crippen molar-refractivity contribution in [2.45, 2.75) is 26.7 Å². The van der Waals surface area contributed by atoms with Crippen LogP contribution >= 0.6 is 0 Å². The third-order valence-corrected chi connectivity index (χ3v) is 2.51. The van der Waals surface area contributed by atoms with Crippen LogP contribution in [0.1, 0.15) is 26.7 Å². The lowest BCUT2D eigenvalue weighted by atomic mass is 9.85. The van der Waals surface area contributed by atoms with Gasteiger partial charge in [-0.05, 0) is 37.8 Å². The van der Waals surface area contributed by atoms with Crippen LogP contribution in [0.5, 0.6) is 0 Å². The highest BCUT2D eigenvalue weighted by molar-refractivity contribution is 4.94. The predicted molar refractivity (Wildman–Crippen MR) is 49.6 cm³/mol. The van der Waals surface area contributed by atoms with Gasteiger partial charge < -0.3 is 5.32 Å². The molecule has 1 fully saturated rings. The van der Waals surface area contributed by atoms with Crippen LogP contribution in [0.4, 0.5) is 0 Å². The monoisotopic (exact) mass is 153 g/mol. The average molecular weight is 153 g/mol. The van der Waals surface area contributed by atoms with Crippen LogP contribution < -0.4 is 5.32 Å². The second-order valence-electron chi connectivity index (χ2n) is 3.33. The van der Waals surface area contributed by atoms with Crippen LogP contribution in [0.2, 0.25) is 0 Å². The lowest BCUT2D eigenvalue weighted by Gasteiger charge is -2.32. The number of hydrogen-bond donors (Lipinski definition) is 1. The molecular formula is C10H19N. The van der Waals surface area contributed by atoms with Gasteiger partial charge in [0.2, 0.25) is 0 Å². The third kappa shape index (κ3) is 2.33. The Morgan fingerprint density at radius 2 is 2.18 bits per heavy atom. The van der Waals surface area contributed by atoms with Gasteiger partial charge in [-0.1, -0.05) is 26.0 Å². The first-order valence-electron chi connectivity index (χ1n) is 4.75. The normalized spacial score (nSPS) is 22.0. The molecule has 0 aromatic rings. The van der Waals surface area contributed by atoms with Crippen molar-refractivity contribution in [2.24, 2.45) is 11.8 Å². The van der Waals surface area contributed by atoms with E-state index in [1.165, 1.54) is 25.9 Å². The second kappa shape index (κ2) is 4.55. The van der Waals surface area contributed by atoms with E-state index >= 15 is 0 Å². The van der Waals surface area contributed by atoms with Crippen molar-refractivity contribution in [3.05, 3.63) is 12.2 Å². The Kier molecular flexibility index (Phi) is 3.64. The molecule has 1 heterocycles. The van der Waals surface area contributed by atoms with Crippen molar-refractivity contribution in [2.75, 3.05) is 13.1 Å². The summed E-state index contributed by atoms with van der Waals surface area (Å²) in [4.78, 5) is 0. The Labute approximate surface area is 69.9 Å². The molecule has 0 radical (unpaired) electrons. The summed E-state index contributed by atoms with van der Waals surface area (Å²) in [5.41, 5.74) is 0. The quantitative estimate of drug-likeness (QED) is 0.610. The van der Waals surface area contributed by atoms with E-state index in [9.17, 15) is 0 Å². The topological polar surface area (TPSA) is 12.0 Å². The van der Waals surface area contributed by atoms with Gasteiger partial charge in [0, 0.05) is 0 Å². The van der Waals surface area contributed by atoms with Crippen LogP contribution in [0.3, 0.4) is 0 Å². The lowest BCUT2D eigenvalue weighted by Crippen LogP contribution is -2.45. The highest BCUT2D eigenvalue weighted by Crippen LogP contribution is 2.20. The summed E-state index contributed by atoms with van der Waals surface area (Å²) in [5, 5.41) is 3.32. The zero-order valence-electron chi connectivity index (χ0n) is 7.64. The van der Waals surface area contributed by atoms with Crippen molar-refractivity contribution >= 4 is 0 Å². The van der Waals surface area contributed by atoms with E-state index in [0.717, 1.165) is 11.8 Å². The fraction of sp³-hybridized carbons (Fsp3) is 0.800. The first-order valence-corrected chi connectivity index (χ1v) is 4.75. The first kappa shape index (κ1) is 8.79. The Bertz CT molecular complexity index is 125. The summed E-state index contributed by atoms with van der Waals surface area (Å²) >= 11 is 0. The number of allylic oxidation sites excluding steroid dienone is 2. The predicted octanol–water partition coefficient (Wildman–Crippen LogP) is 2.20. The van der Waals surface area contributed by atoms with E-state index in [4.69, 9.17) is 0 Å². The SMILES string of the molecule is CC/C=C/[C@H](CC)C1CNC1. The standard InChI is InChI=1S/C10H19N/c1-3-5-6-9(4-2)10-7-11-8-10/h5-6,9-11H,3-4,7-8H2,1-2H3/b6-5+/t9-/m0/s1. The van der Waals surface area contributed by atoms with Gasteiger partial charge in [0.15, 0.2) is 0 Å². The van der Waals surface area contributed by atoms with Gasteiger partial charge in [-0.2, -0.15) is 0 Å². The summed E-state index contributed by atoms with van der Waals surface area (Å²) in [6.07, 6.45) is 7.16. The fourth-order valence-electron chi connectivity index (χ4n) is 1.55. The maximum Gasteiger partial charge on any atom is -0.000260 e. The molecule has 0 unspecified atom stereocenters. The van der Waals surface area contributed by atoms with Gasteiger partial charge in [0.25, 0.3) is 0 Å². The highest BCUT2D eigenvalue weighted by atomic mass is 14.9. The molecule has 1 rings (SSSR count). The molecule has 1 heteroatoms. The minimum Gasteiger partial charge on any atom is -0.316 e. The first-order chi connectivity index (χ1) is 5.38. The molecule has 1 saturated heterocycles. The molecule has 1 aliphatic heterocycles. The minimum atomic E-state index is 0.830. The highest BCUT2D eigenvalue weighted by Gasteiger charge is 2.23. The van der Waals surface area contributed by atoms with E-state index in [1.54, 1.807) is 0 Å². The lowest BCUT2D eigenvalue weighted by molar-refractivity contribution is 0.266. The second-order valence-corrected chi connectivity index (χ2v) is 3.33. The summed E-state index contributed by atoms with van der Waals surface area (Å²) in [6.45, 7) is 6.93. The van der Waals surface area contributed by atoms with Gasteiger partial charge in [-0.3, -0.25) is 0 Å². The van der Waals surface area contributed by atoms with Gasteiger partial charge in [-0.25, -0.2) is 0 Å². The summed E-state index contributed by atoms with van der Waals surface area (Å²) in [6, 6.07) is 0. The smallest absolute Gasteiger partial charge is 0.000260 e. The van der Waals surface area contributed by atoms with Gasteiger partial charge in [0.05, 0.1) is 0 Å². The van der Waals surface area contributed by atoms with E-state index in [1.807, 2.05) is 0 Å². The molecule has 1 N–H and O–H groups in total. The van der Waals surface area contributed by atoms with Crippen molar-refractivity contribution in [3.8, 4) is 0 Å². The van der Waals surface area contributed by atoms with E-state index in [2.05, 4.69) is 31.3 Å². The number of rotatable bonds is 4. The Hall–Kier alpha value is -0.300. The van der Waals surface area contributed by atoms with E-state index < -0.39 is 0 Å². The summed E-state index contributed by atoms with van der Waals surface area (Å²) in [5.74, 6) is 1.75. The van der Waals surface area contributed by atoms with Crippen LogP contribution in [0.25, 0.3) is 0 Å². The minimum absolute atomic E-state index is 0.830. The van der Waals surface area contributed by atoms with E-state index in [-0.39, 0.29) is 0 Å². The number of hydrogen-bond acceptors (Lipinski definition) is 1. The Morgan fingerprint density at radius 3 is 2.55 bits per heavy atom. The summed E-state index contributed by atoms with van der Waals surface area (Å²) < 4.78 is 0. The van der Waals surface area contributed by atoms with Crippen LogP contribution in [0.15, 0.2) is 12.2 Å². The largest absolute Gasteiger partial charge is 0.316 e. The van der Waals surface area contributed by atoms with E-state index in [0.29, 0.717) is 0 Å². The maximum atomic E-state index is 3.32. The molecule has 0 saturated carbocycles. The average Bonchev–Trinajstić information content (AvgIpc) is 1.93. The van der Waals surface area contributed by atoms with Crippen molar-refractivity contribution in [1.29, 1.82) is 0 Å². The van der Waals surface area contributed by atoms with Gasteiger partial charge in [-0.15, -0.1) is 0 Å². The molecule has 0 amide bonds. The molecule has 11 heavy (non-hydrogen) atoms. The molecular weight excluding hydrogens is 134 g/mol. The summed E-state index contributed by atoms with van der Waals surface area (Å²) in [7, 11) is 0.